The van der Waals surface area contributed by atoms with Crippen molar-refractivity contribution >= 4 is 37.5 Å². The maximum absolute atomic E-state index is 12.0. The minimum Gasteiger partial charge on any atom is -0.359 e. The van der Waals surface area contributed by atoms with E-state index >= 15 is 0 Å². The summed E-state index contributed by atoms with van der Waals surface area (Å²) >= 11 is 3.06. The number of halogens is 1. The number of hydrogen-bond acceptors (Lipinski definition) is 5. The Bertz CT molecular complexity index is 632. The van der Waals surface area contributed by atoms with Gasteiger partial charge in [0.15, 0.2) is 4.90 Å². The van der Waals surface area contributed by atoms with Gasteiger partial charge in [-0.3, -0.25) is 14.9 Å². The molecule has 1 amide bonds. The Labute approximate surface area is 123 Å². The van der Waals surface area contributed by atoms with Gasteiger partial charge < -0.3 is 5.32 Å². The molecule has 0 aliphatic rings. The van der Waals surface area contributed by atoms with Crippen LogP contribution in [0.1, 0.15) is 6.42 Å². The number of nitro benzene ring substituents is 1. The molecule has 0 aromatic heterocycles. The molecule has 0 saturated heterocycles. The number of benzene rings is 1. The summed E-state index contributed by atoms with van der Waals surface area (Å²) < 4.78 is 26.6. The molecule has 10 heteroatoms. The summed E-state index contributed by atoms with van der Waals surface area (Å²) in [6.45, 7) is -0.147. The van der Waals surface area contributed by atoms with E-state index < -0.39 is 25.5 Å². The molecule has 110 valence electrons. The van der Waals surface area contributed by atoms with Crippen molar-refractivity contribution in [1.29, 1.82) is 0 Å². The molecule has 0 saturated carbocycles. The van der Waals surface area contributed by atoms with Gasteiger partial charge in [0.05, 0.1) is 4.92 Å². The molecule has 0 radical (unpaired) electrons. The molecule has 1 aromatic rings. The second-order valence-corrected chi connectivity index (χ2v) is 6.34. The smallest absolute Gasteiger partial charge is 0.289 e. The van der Waals surface area contributed by atoms with Crippen LogP contribution in [0.15, 0.2) is 27.6 Å². The Morgan fingerprint density at radius 2 is 2.10 bits per heavy atom. The van der Waals surface area contributed by atoms with E-state index in [2.05, 4.69) is 26.0 Å². The molecule has 0 fully saturated rings. The van der Waals surface area contributed by atoms with Gasteiger partial charge in [-0.05, 0) is 12.1 Å². The third-order valence-electron chi connectivity index (χ3n) is 2.33. The van der Waals surface area contributed by atoms with Crippen LogP contribution in [0, 0.1) is 10.1 Å². The van der Waals surface area contributed by atoms with Gasteiger partial charge in [0.2, 0.25) is 15.9 Å². The van der Waals surface area contributed by atoms with Crippen LogP contribution in [0.2, 0.25) is 0 Å². The monoisotopic (exact) mass is 365 g/mol. The number of carbonyl (C=O) groups excluding carboxylic acids is 1. The lowest BCUT2D eigenvalue weighted by Crippen LogP contribution is -2.29. The molecule has 0 heterocycles. The van der Waals surface area contributed by atoms with Crippen LogP contribution in [0.5, 0.6) is 0 Å². The number of sulfonamides is 1. The first-order chi connectivity index (χ1) is 9.27. The van der Waals surface area contributed by atoms with E-state index in [1.807, 2.05) is 0 Å². The number of hydrogen-bond donors (Lipinski definition) is 2. The topological polar surface area (TPSA) is 118 Å². The molecule has 0 aliphatic heterocycles. The lowest BCUT2D eigenvalue weighted by atomic mass is 10.3. The first kappa shape index (κ1) is 16.5. The first-order valence-electron chi connectivity index (χ1n) is 5.42. The average molecular weight is 366 g/mol. The van der Waals surface area contributed by atoms with Gasteiger partial charge >= 0.3 is 0 Å². The van der Waals surface area contributed by atoms with Crippen molar-refractivity contribution in [2.45, 2.75) is 11.3 Å². The van der Waals surface area contributed by atoms with Gasteiger partial charge in [-0.15, -0.1) is 0 Å². The highest BCUT2D eigenvalue weighted by Crippen LogP contribution is 2.26. The summed E-state index contributed by atoms with van der Waals surface area (Å²) in [4.78, 5) is 20.6. The Morgan fingerprint density at radius 1 is 1.45 bits per heavy atom. The summed E-state index contributed by atoms with van der Waals surface area (Å²) in [5.41, 5.74) is -0.527. The van der Waals surface area contributed by atoms with E-state index in [0.29, 0.717) is 4.47 Å². The Morgan fingerprint density at radius 3 is 2.65 bits per heavy atom. The van der Waals surface area contributed by atoms with Crippen molar-refractivity contribution in [2.75, 3.05) is 13.6 Å². The minimum absolute atomic E-state index is 0.0580. The highest BCUT2D eigenvalue weighted by atomic mass is 79.9. The van der Waals surface area contributed by atoms with Crippen molar-refractivity contribution in [1.82, 2.24) is 10.0 Å². The van der Waals surface area contributed by atoms with E-state index in [1.54, 1.807) is 0 Å². The number of carbonyl (C=O) groups is 1. The maximum atomic E-state index is 12.0. The number of nitrogens with zero attached hydrogens (tertiary/aromatic N) is 1. The molecule has 1 rings (SSSR count). The van der Waals surface area contributed by atoms with Gasteiger partial charge in [-0.1, -0.05) is 15.9 Å². The van der Waals surface area contributed by atoms with Crippen LogP contribution in [0.4, 0.5) is 5.69 Å². The molecular weight excluding hydrogens is 354 g/mol. The van der Waals surface area contributed by atoms with Crippen LogP contribution in [-0.2, 0) is 14.8 Å². The molecule has 0 spiro atoms. The first-order valence-corrected chi connectivity index (χ1v) is 7.69. The number of amides is 1. The predicted molar refractivity (Wildman–Crippen MR) is 74.7 cm³/mol. The maximum Gasteiger partial charge on any atom is 0.289 e. The zero-order valence-corrected chi connectivity index (χ0v) is 12.8. The summed E-state index contributed by atoms with van der Waals surface area (Å²) in [7, 11) is -2.64. The van der Waals surface area contributed by atoms with Crippen molar-refractivity contribution in [3.63, 3.8) is 0 Å². The van der Waals surface area contributed by atoms with Crippen LogP contribution < -0.4 is 10.0 Å². The van der Waals surface area contributed by atoms with Crippen molar-refractivity contribution in [2.24, 2.45) is 0 Å². The molecule has 0 aliphatic carbocycles. The Balaban J connectivity index is 3.00. The highest BCUT2D eigenvalue weighted by Gasteiger charge is 2.25. The second kappa shape index (κ2) is 6.77. The van der Waals surface area contributed by atoms with Crippen LogP contribution in [0.3, 0.4) is 0 Å². The van der Waals surface area contributed by atoms with Gasteiger partial charge in [0.25, 0.3) is 5.69 Å². The predicted octanol–water partition coefficient (Wildman–Crippen LogP) is 0.772. The fraction of sp³-hybridized carbons (Fsp3) is 0.300. The normalized spacial score (nSPS) is 11.1. The standard InChI is InChI=1S/C10H12BrN3O5S/c1-12-10(15)4-5-13-20(18,19)9-6-7(11)2-3-8(9)14(16)17/h2-3,6,13H,4-5H2,1H3,(H,12,15). The summed E-state index contributed by atoms with van der Waals surface area (Å²) in [6.07, 6.45) is -0.0580. The Kier molecular flexibility index (Phi) is 5.60. The molecule has 1 aromatic carbocycles. The number of nitro groups is 1. The quantitative estimate of drug-likeness (QED) is 0.570. The average Bonchev–Trinajstić information content (AvgIpc) is 2.37. The molecule has 20 heavy (non-hydrogen) atoms. The Hall–Kier alpha value is -1.52. The zero-order valence-electron chi connectivity index (χ0n) is 10.4. The lowest BCUT2D eigenvalue weighted by Gasteiger charge is -2.07. The molecule has 0 bridgehead atoms. The van der Waals surface area contributed by atoms with Gasteiger partial charge in [-0.2, -0.15) is 0 Å². The number of nitrogens with one attached hydrogen (secondary N) is 2. The van der Waals surface area contributed by atoms with Crippen LogP contribution in [-0.4, -0.2) is 32.8 Å². The van der Waals surface area contributed by atoms with Crippen molar-refractivity contribution in [3.8, 4) is 0 Å². The van der Waals surface area contributed by atoms with E-state index in [1.165, 1.54) is 13.1 Å². The van der Waals surface area contributed by atoms with E-state index in [4.69, 9.17) is 0 Å². The SMILES string of the molecule is CNC(=O)CCNS(=O)(=O)c1cc(Br)ccc1[N+](=O)[O-]. The fourth-order valence-electron chi connectivity index (χ4n) is 1.36. The fourth-order valence-corrected chi connectivity index (χ4v) is 3.09. The molecule has 8 nitrogen and oxygen atoms in total. The van der Waals surface area contributed by atoms with Gasteiger partial charge in [0, 0.05) is 30.6 Å². The second-order valence-electron chi connectivity index (χ2n) is 3.69. The van der Waals surface area contributed by atoms with Gasteiger partial charge in [0.1, 0.15) is 0 Å². The van der Waals surface area contributed by atoms with Gasteiger partial charge in [-0.25, -0.2) is 13.1 Å². The van der Waals surface area contributed by atoms with E-state index in [-0.39, 0.29) is 18.9 Å². The third kappa shape index (κ3) is 4.25. The zero-order chi connectivity index (χ0) is 15.3. The number of rotatable bonds is 6. The third-order valence-corrected chi connectivity index (χ3v) is 4.31. The lowest BCUT2D eigenvalue weighted by molar-refractivity contribution is -0.387. The molecule has 2 N–H and O–H groups in total. The summed E-state index contributed by atoms with van der Waals surface area (Å²) in [6, 6.07) is 3.61. The van der Waals surface area contributed by atoms with Crippen molar-refractivity contribution < 1.29 is 18.1 Å². The van der Waals surface area contributed by atoms with Crippen LogP contribution >= 0.6 is 15.9 Å². The van der Waals surface area contributed by atoms with E-state index in [0.717, 1.165) is 12.1 Å². The highest BCUT2D eigenvalue weighted by molar-refractivity contribution is 9.10. The summed E-state index contributed by atoms with van der Waals surface area (Å²) in [5, 5.41) is 13.2. The largest absolute Gasteiger partial charge is 0.359 e. The van der Waals surface area contributed by atoms with Crippen LogP contribution in [0.25, 0.3) is 0 Å². The molecular formula is C10H12BrN3O5S. The van der Waals surface area contributed by atoms with E-state index in [9.17, 15) is 23.3 Å². The van der Waals surface area contributed by atoms with Crippen molar-refractivity contribution in [3.05, 3.63) is 32.8 Å². The summed E-state index contributed by atoms with van der Waals surface area (Å²) in [5.74, 6) is -0.337. The molecule has 0 atom stereocenters. The minimum atomic E-state index is -4.06. The molecule has 0 unspecified atom stereocenters.